The first-order valence-corrected chi connectivity index (χ1v) is 12.1. The first-order chi connectivity index (χ1) is 16.7. The highest BCUT2D eigenvalue weighted by molar-refractivity contribution is 7.18. The van der Waals surface area contributed by atoms with Gasteiger partial charge in [-0.3, -0.25) is 9.59 Å². The maximum Gasteiger partial charge on any atom is 0.341 e. The fourth-order valence-electron chi connectivity index (χ4n) is 4.14. The number of Topliss-reactive ketones (excluding diaryl/α,β-unsaturated/α-hetero) is 1. The number of carbonyl (C=O) groups excluding carboxylic acids is 3. The molecular formula is C28H26N2O4S. The first kappa shape index (κ1) is 24.3. The van der Waals surface area contributed by atoms with Gasteiger partial charge in [-0.2, -0.15) is 0 Å². The second kappa shape index (κ2) is 9.80. The van der Waals surface area contributed by atoms with Gasteiger partial charge >= 0.3 is 5.97 Å². The highest BCUT2D eigenvalue weighted by atomic mass is 32.1. The number of amides is 1. The zero-order valence-electron chi connectivity index (χ0n) is 20.3. The molecule has 4 rings (SSSR count). The molecule has 0 atom stereocenters. The van der Waals surface area contributed by atoms with Crippen molar-refractivity contribution in [3.8, 4) is 11.3 Å². The second-order valence-corrected chi connectivity index (χ2v) is 9.36. The zero-order valence-corrected chi connectivity index (χ0v) is 21.1. The number of esters is 1. The number of hydrogen-bond acceptors (Lipinski definition) is 6. The van der Waals surface area contributed by atoms with Gasteiger partial charge in [0.15, 0.2) is 5.78 Å². The van der Waals surface area contributed by atoms with Gasteiger partial charge in [-0.1, -0.05) is 48.0 Å². The molecule has 0 unspecified atom stereocenters. The van der Waals surface area contributed by atoms with Crippen LogP contribution >= 0.6 is 11.3 Å². The highest BCUT2D eigenvalue weighted by Crippen LogP contribution is 2.36. The number of nitrogens with one attached hydrogen (secondary N) is 1. The van der Waals surface area contributed by atoms with Crippen molar-refractivity contribution in [2.24, 2.45) is 0 Å². The average Bonchev–Trinajstić information content (AvgIpc) is 3.15. The molecule has 2 aromatic heterocycles. The summed E-state index contributed by atoms with van der Waals surface area (Å²) in [5.41, 5.74) is 5.36. The molecule has 0 saturated carbocycles. The van der Waals surface area contributed by atoms with Crippen molar-refractivity contribution in [3.05, 3.63) is 81.2 Å². The van der Waals surface area contributed by atoms with E-state index in [2.05, 4.69) is 5.32 Å². The molecule has 6 nitrogen and oxygen atoms in total. The van der Waals surface area contributed by atoms with Crippen molar-refractivity contribution in [2.45, 2.75) is 34.6 Å². The van der Waals surface area contributed by atoms with E-state index in [0.717, 1.165) is 28.0 Å². The van der Waals surface area contributed by atoms with E-state index in [4.69, 9.17) is 9.72 Å². The molecule has 0 aliphatic heterocycles. The lowest BCUT2D eigenvalue weighted by Crippen LogP contribution is -2.17. The minimum atomic E-state index is -0.569. The Labute approximate surface area is 208 Å². The highest BCUT2D eigenvalue weighted by Gasteiger charge is 2.27. The van der Waals surface area contributed by atoms with Gasteiger partial charge in [-0.25, -0.2) is 9.78 Å². The lowest BCUT2D eigenvalue weighted by molar-refractivity contribution is 0.0527. The fraction of sp³-hybridized carbons (Fsp3) is 0.214. The van der Waals surface area contributed by atoms with Crippen LogP contribution in [0.25, 0.3) is 22.2 Å². The number of rotatable bonds is 6. The van der Waals surface area contributed by atoms with Crippen LogP contribution in [0.5, 0.6) is 0 Å². The number of benzene rings is 2. The van der Waals surface area contributed by atoms with Crippen LogP contribution in [-0.4, -0.2) is 29.3 Å². The number of thiophene rings is 1. The molecule has 2 heterocycles. The van der Waals surface area contributed by atoms with Crippen LogP contribution in [0.15, 0.2) is 48.5 Å². The number of para-hydroxylation sites is 1. The van der Waals surface area contributed by atoms with Crippen LogP contribution in [0.2, 0.25) is 0 Å². The summed E-state index contributed by atoms with van der Waals surface area (Å²) in [6.07, 6.45) is 0. The number of ether oxygens (including phenoxy) is 1. The Morgan fingerprint density at radius 3 is 2.29 bits per heavy atom. The molecule has 1 N–H and O–H groups in total. The third-order valence-corrected chi connectivity index (χ3v) is 7.17. The van der Waals surface area contributed by atoms with E-state index in [1.54, 1.807) is 13.8 Å². The van der Waals surface area contributed by atoms with Crippen LogP contribution in [0.4, 0.5) is 5.00 Å². The van der Waals surface area contributed by atoms with Crippen LogP contribution in [0.3, 0.4) is 0 Å². The number of fused-ring (bicyclic) bond motifs is 1. The van der Waals surface area contributed by atoms with Gasteiger partial charge in [0, 0.05) is 10.9 Å². The van der Waals surface area contributed by atoms with Crippen molar-refractivity contribution in [3.63, 3.8) is 0 Å². The summed E-state index contributed by atoms with van der Waals surface area (Å²) in [6.45, 7) is 8.92. The maximum absolute atomic E-state index is 13.7. The number of nitrogens with zero attached hydrogens (tertiary/aromatic N) is 1. The van der Waals surface area contributed by atoms with Gasteiger partial charge in [-0.15, -0.1) is 11.3 Å². The van der Waals surface area contributed by atoms with E-state index in [0.29, 0.717) is 37.6 Å². The summed E-state index contributed by atoms with van der Waals surface area (Å²) < 4.78 is 5.21. The Morgan fingerprint density at radius 1 is 0.943 bits per heavy atom. The molecule has 4 aromatic rings. The second-order valence-electron chi connectivity index (χ2n) is 8.33. The Balaban J connectivity index is 1.86. The van der Waals surface area contributed by atoms with Crippen LogP contribution in [0.1, 0.15) is 60.9 Å². The summed E-state index contributed by atoms with van der Waals surface area (Å²) in [5.74, 6) is -1.12. The van der Waals surface area contributed by atoms with Crippen LogP contribution in [-0.2, 0) is 4.74 Å². The number of carbonyl (C=O) groups is 3. The molecule has 1 amide bonds. The normalized spacial score (nSPS) is 10.9. The van der Waals surface area contributed by atoms with Crippen LogP contribution < -0.4 is 5.32 Å². The largest absolute Gasteiger partial charge is 0.462 e. The van der Waals surface area contributed by atoms with E-state index in [1.165, 1.54) is 6.92 Å². The Morgan fingerprint density at radius 2 is 1.63 bits per heavy atom. The van der Waals surface area contributed by atoms with Crippen molar-refractivity contribution in [1.82, 2.24) is 4.98 Å². The molecule has 7 heteroatoms. The predicted octanol–water partition coefficient (Wildman–Crippen LogP) is 6.52. The number of hydrogen-bond donors (Lipinski definition) is 1. The van der Waals surface area contributed by atoms with Crippen molar-refractivity contribution < 1.29 is 19.1 Å². The Kier molecular flexibility index (Phi) is 6.80. The number of anilines is 1. The summed E-state index contributed by atoms with van der Waals surface area (Å²) in [7, 11) is 0. The molecule has 0 fully saturated rings. The Bertz CT molecular complexity index is 1470. The van der Waals surface area contributed by atoms with E-state index in [9.17, 15) is 14.4 Å². The number of ketones is 1. The number of pyridine rings is 1. The Hall–Kier alpha value is -3.84. The molecule has 35 heavy (non-hydrogen) atoms. The summed E-state index contributed by atoms with van der Waals surface area (Å²) in [6, 6.07) is 15.5. The summed E-state index contributed by atoms with van der Waals surface area (Å²) in [5, 5.41) is 3.91. The third kappa shape index (κ3) is 4.59. The first-order valence-electron chi connectivity index (χ1n) is 11.3. The van der Waals surface area contributed by atoms with Gasteiger partial charge in [0.2, 0.25) is 0 Å². The monoisotopic (exact) mass is 486 g/mol. The zero-order chi connectivity index (χ0) is 25.3. The quantitative estimate of drug-likeness (QED) is 0.248. The SMILES string of the molecule is CCOC(=O)c1c(NC(=O)c2c(C)c(-c3ccc(C)cc3)nc3ccccc23)sc(C(C)=O)c1C. The minimum absolute atomic E-state index is 0.175. The number of aromatic nitrogens is 1. The predicted molar refractivity (Wildman–Crippen MR) is 140 cm³/mol. The molecular weight excluding hydrogens is 460 g/mol. The molecule has 0 radical (unpaired) electrons. The van der Waals surface area contributed by atoms with Crippen LogP contribution in [0, 0.1) is 20.8 Å². The van der Waals surface area contributed by atoms with E-state index in [1.807, 2.05) is 62.4 Å². The standard InChI is InChI=1S/C28H26N2O4S/c1-6-34-28(33)23-17(4)25(18(5)31)35-27(23)30-26(32)22-16(3)24(19-13-11-15(2)12-14-19)29-21-10-8-7-9-20(21)22/h7-14H,6H2,1-5H3,(H,30,32). The molecule has 0 aliphatic carbocycles. The lowest BCUT2D eigenvalue weighted by Gasteiger charge is -2.15. The average molecular weight is 487 g/mol. The molecule has 0 aliphatic rings. The molecule has 178 valence electrons. The van der Waals surface area contributed by atoms with Crippen molar-refractivity contribution in [2.75, 3.05) is 11.9 Å². The molecule has 0 spiro atoms. The van der Waals surface area contributed by atoms with Gasteiger partial charge in [-0.05, 0) is 51.8 Å². The minimum Gasteiger partial charge on any atom is -0.462 e. The lowest BCUT2D eigenvalue weighted by atomic mass is 9.96. The van der Waals surface area contributed by atoms with Crippen molar-refractivity contribution in [1.29, 1.82) is 0 Å². The fourth-order valence-corrected chi connectivity index (χ4v) is 5.23. The third-order valence-electron chi connectivity index (χ3n) is 5.86. The van der Waals surface area contributed by atoms with Gasteiger partial charge in [0.25, 0.3) is 5.91 Å². The van der Waals surface area contributed by atoms with Gasteiger partial charge in [0.05, 0.1) is 33.8 Å². The van der Waals surface area contributed by atoms with Crippen molar-refractivity contribution >= 4 is 44.9 Å². The smallest absolute Gasteiger partial charge is 0.341 e. The maximum atomic E-state index is 13.7. The van der Waals surface area contributed by atoms with E-state index >= 15 is 0 Å². The van der Waals surface area contributed by atoms with Gasteiger partial charge in [0.1, 0.15) is 5.00 Å². The molecule has 0 bridgehead atoms. The molecule has 2 aromatic carbocycles. The summed E-state index contributed by atoms with van der Waals surface area (Å²) >= 11 is 1.09. The topological polar surface area (TPSA) is 85.4 Å². The molecule has 0 saturated heterocycles. The number of aryl methyl sites for hydroxylation is 1. The van der Waals surface area contributed by atoms with E-state index < -0.39 is 5.97 Å². The van der Waals surface area contributed by atoms with Gasteiger partial charge < -0.3 is 10.1 Å². The summed E-state index contributed by atoms with van der Waals surface area (Å²) in [4.78, 5) is 43.9. The van der Waals surface area contributed by atoms with E-state index in [-0.39, 0.29) is 23.9 Å².